The van der Waals surface area contributed by atoms with Gasteiger partial charge in [-0.2, -0.15) is 0 Å². The highest BCUT2D eigenvalue weighted by Gasteiger charge is 2.09. The van der Waals surface area contributed by atoms with Gasteiger partial charge in [-0.05, 0) is 30.3 Å². The number of carbonyl (C=O) groups excluding carboxylic acids is 1. The standard InChI is InChI=1S/C16H17FN2O3/c1-21-13-6-7-14(15(9-13)22-2)19-16(20)10-18-12-5-3-4-11(17)8-12/h3-9,18H,10H2,1-2H3,(H,19,20). The van der Waals surface area contributed by atoms with Gasteiger partial charge in [0.25, 0.3) is 0 Å². The molecule has 0 saturated heterocycles. The van der Waals surface area contributed by atoms with E-state index in [-0.39, 0.29) is 18.3 Å². The highest BCUT2D eigenvalue weighted by atomic mass is 19.1. The lowest BCUT2D eigenvalue weighted by Gasteiger charge is -2.12. The summed E-state index contributed by atoms with van der Waals surface area (Å²) in [4.78, 5) is 11.9. The van der Waals surface area contributed by atoms with E-state index in [2.05, 4.69) is 10.6 Å². The van der Waals surface area contributed by atoms with Crippen LogP contribution < -0.4 is 20.1 Å². The van der Waals surface area contributed by atoms with E-state index in [0.29, 0.717) is 22.9 Å². The lowest BCUT2D eigenvalue weighted by atomic mass is 10.2. The van der Waals surface area contributed by atoms with Crippen molar-refractivity contribution in [1.82, 2.24) is 0 Å². The van der Waals surface area contributed by atoms with Crippen molar-refractivity contribution in [2.75, 3.05) is 31.4 Å². The van der Waals surface area contributed by atoms with Gasteiger partial charge < -0.3 is 20.1 Å². The van der Waals surface area contributed by atoms with Crippen molar-refractivity contribution < 1.29 is 18.7 Å². The van der Waals surface area contributed by atoms with Gasteiger partial charge in [-0.25, -0.2) is 4.39 Å². The van der Waals surface area contributed by atoms with Crippen LogP contribution in [-0.4, -0.2) is 26.7 Å². The lowest BCUT2D eigenvalue weighted by molar-refractivity contribution is -0.114. The highest BCUT2D eigenvalue weighted by molar-refractivity contribution is 5.95. The molecule has 0 radical (unpaired) electrons. The van der Waals surface area contributed by atoms with Crippen molar-refractivity contribution in [3.8, 4) is 11.5 Å². The van der Waals surface area contributed by atoms with Crippen LogP contribution in [0.1, 0.15) is 0 Å². The summed E-state index contributed by atoms with van der Waals surface area (Å²) in [6.07, 6.45) is 0. The summed E-state index contributed by atoms with van der Waals surface area (Å²) >= 11 is 0. The fourth-order valence-electron chi connectivity index (χ4n) is 1.88. The summed E-state index contributed by atoms with van der Waals surface area (Å²) in [5.41, 5.74) is 1.08. The molecule has 0 heterocycles. The second kappa shape index (κ2) is 7.31. The summed E-state index contributed by atoms with van der Waals surface area (Å²) in [6, 6.07) is 11.0. The van der Waals surface area contributed by atoms with Gasteiger partial charge in [0.2, 0.25) is 5.91 Å². The Kier molecular flexibility index (Phi) is 5.19. The van der Waals surface area contributed by atoms with Gasteiger partial charge in [-0.15, -0.1) is 0 Å². The fourth-order valence-corrected chi connectivity index (χ4v) is 1.88. The fraction of sp³-hybridized carbons (Fsp3) is 0.188. The van der Waals surface area contributed by atoms with Crippen molar-refractivity contribution >= 4 is 17.3 Å². The minimum absolute atomic E-state index is 0.0125. The van der Waals surface area contributed by atoms with Crippen molar-refractivity contribution in [3.05, 3.63) is 48.3 Å². The first-order valence-electron chi connectivity index (χ1n) is 6.63. The molecule has 2 aromatic rings. The first kappa shape index (κ1) is 15.6. The molecule has 0 aliphatic heterocycles. The number of carbonyl (C=O) groups is 1. The molecule has 22 heavy (non-hydrogen) atoms. The molecule has 1 amide bonds. The molecule has 2 N–H and O–H groups in total. The molecule has 0 aromatic heterocycles. The molecule has 0 unspecified atom stereocenters. The van der Waals surface area contributed by atoms with E-state index < -0.39 is 0 Å². The van der Waals surface area contributed by atoms with Crippen LogP contribution >= 0.6 is 0 Å². The minimum Gasteiger partial charge on any atom is -0.497 e. The largest absolute Gasteiger partial charge is 0.497 e. The second-order valence-corrected chi connectivity index (χ2v) is 4.48. The quantitative estimate of drug-likeness (QED) is 0.861. The molecule has 6 heteroatoms. The van der Waals surface area contributed by atoms with E-state index in [0.717, 1.165) is 0 Å². The molecule has 0 bridgehead atoms. The maximum absolute atomic E-state index is 13.0. The summed E-state index contributed by atoms with van der Waals surface area (Å²) in [7, 11) is 3.06. The van der Waals surface area contributed by atoms with Gasteiger partial charge in [0.05, 0.1) is 26.5 Å². The Morgan fingerprint density at radius 1 is 1.14 bits per heavy atom. The molecule has 0 fully saturated rings. The molecule has 0 spiro atoms. The summed E-state index contributed by atoms with van der Waals surface area (Å²) in [6.45, 7) is 0.0125. The number of benzene rings is 2. The molecule has 0 saturated carbocycles. The summed E-state index contributed by atoms with van der Waals surface area (Å²) < 4.78 is 23.3. The van der Waals surface area contributed by atoms with Crippen molar-refractivity contribution in [2.24, 2.45) is 0 Å². The number of nitrogens with one attached hydrogen (secondary N) is 2. The molecular weight excluding hydrogens is 287 g/mol. The number of anilines is 2. The second-order valence-electron chi connectivity index (χ2n) is 4.48. The SMILES string of the molecule is COc1ccc(NC(=O)CNc2cccc(F)c2)c(OC)c1. The topological polar surface area (TPSA) is 59.6 Å². The predicted octanol–water partition coefficient (Wildman–Crippen LogP) is 2.89. The minimum atomic E-state index is -0.359. The molecule has 0 atom stereocenters. The van der Waals surface area contributed by atoms with E-state index in [4.69, 9.17) is 9.47 Å². The molecule has 0 aliphatic carbocycles. The number of hydrogen-bond acceptors (Lipinski definition) is 4. The van der Waals surface area contributed by atoms with Gasteiger partial charge in [-0.3, -0.25) is 4.79 Å². The van der Waals surface area contributed by atoms with E-state index in [1.165, 1.54) is 19.2 Å². The third-order valence-corrected chi connectivity index (χ3v) is 2.96. The molecule has 0 aliphatic rings. The van der Waals surface area contributed by atoms with Crippen LogP contribution in [0, 0.1) is 5.82 Å². The molecule has 2 aromatic carbocycles. The van der Waals surface area contributed by atoms with Crippen LogP contribution in [0.15, 0.2) is 42.5 Å². The number of halogens is 1. The van der Waals surface area contributed by atoms with Gasteiger partial charge >= 0.3 is 0 Å². The number of ether oxygens (including phenoxy) is 2. The molecule has 5 nitrogen and oxygen atoms in total. The molecular formula is C16H17FN2O3. The van der Waals surface area contributed by atoms with E-state index in [9.17, 15) is 9.18 Å². The number of rotatable bonds is 6. The number of hydrogen-bond donors (Lipinski definition) is 2. The van der Waals surface area contributed by atoms with Gasteiger partial charge in [-0.1, -0.05) is 6.07 Å². The zero-order chi connectivity index (χ0) is 15.9. The van der Waals surface area contributed by atoms with Crippen molar-refractivity contribution in [3.63, 3.8) is 0 Å². The van der Waals surface area contributed by atoms with Crippen LogP contribution in [-0.2, 0) is 4.79 Å². The monoisotopic (exact) mass is 304 g/mol. The predicted molar refractivity (Wildman–Crippen MR) is 83.1 cm³/mol. The van der Waals surface area contributed by atoms with Crippen LogP contribution in [0.5, 0.6) is 11.5 Å². The number of amides is 1. The third kappa shape index (κ3) is 4.12. The zero-order valence-electron chi connectivity index (χ0n) is 12.4. The lowest BCUT2D eigenvalue weighted by Crippen LogP contribution is -2.22. The maximum atomic E-state index is 13.0. The van der Waals surface area contributed by atoms with Gasteiger partial charge in [0, 0.05) is 11.8 Å². The first-order chi connectivity index (χ1) is 10.6. The smallest absolute Gasteiger partial charge is 0.243 e. The normalized spacial score (nSPS) is 9.95. The van der Waals surface area contributed by atoms with Gasteiger partial charge in [0.15, 0.2) is 0 Å². The Hall–Kier alpha value is -2.76. The Morgan fingerprint density at radius 2 is 1.95 bits per heavy atom. The molecule has 2 rings (SSSR count). The summed E-state index contributed by atoms with van der Waals surface area (Å²) in [5, 5.41) is 5.57. The Labute approximate surface area is 128 Å². The van der Waals surface area contributed by atoms with Gasteiger partial charge in [0.1, 0.15) is 17.3 Å². The van der Waals surface area contributed by atoms with E-state index in [1.54, 1.807) is 37.4 Å². The Balaban J connectivity index is 1.97. The highest BCUT2D eigenvalue weighted by Crippen LogP contribution is 2.28. The zero-order valence-corrected chi connectivity index (χ0v) is 12.4. The van der Waals surface area contributed by atoms with Crippen molar-refractivity contribution in [2.45, 2.75) is 0 Å². The first-order valence-corrected chi connectivity index (χ1v) is 6.63. The number of methoxy groups -OCH3 is 2. The molecule has 116 valence electrons. The average molecular weight is 304 g/mol. The van der Waals surface area contributed by atoms with Crippen LogP contribution in [0.3, 0.4) is 0 Å². The van der Waals surface area contributed by atoms with Crippen LogP contribution in [0.4, 0.5) is 15.8 Å². The Morgan fingerprint density at radius 3 is 2.64 bits per heavy atom. The van der Waals surface area contributed by atoms with Crippen LogP contribution in [0.2, 0.25) is 0 Å². The van der Waals surface area contributed by atoms with Crippen molar-refractivity contribution in [1.29, 1.82) is 0 Å². The van der Waals surface area contributed by atoms with Crippen LogP contribution in [0.25, 0.3) is 0 Å². The van der Waals surface area contributed by atoms with E-state index in [1.807, 2.05) is 0 Å². The maximum Gasteiger partial charge on any atom is 0.243 e. The Bertz CT molecular complexity index is 662. The summed E-state index contributed by atoms with van der Waals surface area (Å²) in [5.74, 6) is 0.501. The average Bonchev–Trinajstić information content (AvgIpc) is 2.53. The van der Waals surface area contributed by atoms with E-state index >= 15 is 0 Å². The third-order valence-electron chi connectivity index (χ3n) is 2.96.